The summed E-state index contributed by atoms with van der Waals surface area (Å²) >= 11 is 1.39. The SMILES string of the molecule is Cn1c(C2=N[C@@H](C(=O)O)CS2)nc2cc(O)ccc21. The van der Waals surface area contributed by atoms with Crippen LogP contribution in [0.15, 0.2) is 23.2 Å². The molecule has 0 aliphatic carbocycles. The molecule has 0 saturated heterocycles. The third-order valence-corrected chi connectivity index (χ3v) is 4.04. The molecule has 0 fully saturated rings. The van der Waals surface area contributed by atoms with E-state index < -0.39 is 12.0 Å². The highest BCUT2D eigenvalue weighted by Crippen LogP contribution is 2.26. The highest BCUT2D eigenvalue weighted by atomic mass is 32.2. The fourth-order valence-corrected chi connectivity index (χ4v) is 3.05. The zero-order valence-electron chi connectivity index (χ0n) is 10.1. The van der Waals surface area contributed by atoms with Gasteiger partial charge in [0.25, 0.3) is 0 Å². The Morgan fingerprint density at radius 2 is 2.32 bits per heavy atom. The first-order chi connectivity index (χ1) is 9.06. The molecule has 0 amide bonds. The zero-order chi connectivity index (χ0) is 13.6. The van der Waals surface area contributed by atoms with Gasteiger partial charge in [-0.1, -0.05) is 0 Å². The molecular formula is C12H11N3O3S. The van der Waals surface area contributed by atoms with E-state index in [9.17, 15) is 9.90 Å². The summed E-state index contributed by atoms with van der Waals surface area (Å²) in [5, 5.41) is 19.0. The van der Waals surface area contributed by atoms with E-state index in [1.165, 1.54) is 11.8 Å². The van der Waals surface area contributed by atoms with Crippen LogP contribution in [0.4, 0.5) is 0 Å². The van der Waals surface area contributed by atoms with Gasteiger partial charge in [-0.2, -0.15) is 0 Å². The van der Waals surface area contributed by atoms with E-state index in [-0.39, 0.29) is 5.75 Å². The first-order valence-corrected chi connectivity index (χ1v) is 6.64. The third-order valence-electron chi connectivity index (χ3n) is 2.99. The van der Waals surface area contributed by atoms with Gasteiger partial charge >= 0.3 is 5.97 Å². The Morgan fingerprint density at radius 1 is 1.53 bits per heavy atom. The normalized spacial score (nSPS) is 18.8. The summed E-state index contributed by atoms with van der Waals surface area (Å²) in [6.07, 6.45) is 0. The molecule has 2 aromatic rings. The lowest BCUT2D eigenvalue weighted by Crippen LogP contribution is -2.17. The molecule has 6 nitrogen and oxygen atoms in total. The highest BCUT2D eigenvalue weighted by molar-refractivity contribution is 8.14. The second kappa shape index (κ2) is 4.27. The topological polar surface area (TPSA) is 87.7 Å². The summed E-state index contributed by atoms with van der Waals surface area (Å²) in [4.78, 5) is 19.5. The van der Waals surface area contributed by atoms with Crippen molar-refractivity contribution >= 4 is 33.8 Å². The number of carboxylic acids is 1. The molecule has 1 aliphatic heterocycles. The van der Waals surface area contributed by atoms with Crippen molar-refractivity contribution in [1.29, 1.82) is 0 Å². The molecule has 19 heavy (non-hydrogen) atoms. The van der Waals surface area contributed by atoms with Crippen LogP contribution in [0.25, 0.3) is 11.0 Å². The number of rotatable bonds is 2. The quantitative estimate of drug-likeness (QED) is 0.862. The van der Waals surface area contributed by atoms with Crippen LogP contribution in [0.3, 0.4) is 0 Å². The number of imidazole rings is 1. The number of aromatic nitrogens is 2. The number of carbonyl (C=O) groups is 1. The Kier molecular flexibility index (Phi) is 2.70. The number of aromatic hydroxyl groups is 1. The molecule has 2 N–H and O–H groups in total. The fraction of sp³-hybridized carbons (Fsp3) is 0.250. The van der Waals surface area contributed by atoms with Crippen LogP contribution in [0.1, 0.15) is 5.82 Å². The second-order valence-electron chi connectivity index (χ2n) is 4.27. The molecule has 98 valence electrons. The summed E-state index contributed by atoms with van der Waals surface area (Å²) in [6.45, 7) is 0. The van der Waals surface area contributed by atoms with Crippen LogP contribution in [-0.4, -0.2) is 42.6 Å². The Labute approximate surface area is 112 Å². The molecule has 1 aromatic heterocycles. The third kappa shape index (κ3) is 1.95. The largest absolute Gasteiger partial charge is 0.508 e. The molecule has 0 spiro atoms. The molecule has 1 aliphatic rings. The lowest BCUT2D eigenvalue weighted by Gasteiger charge is -2.00. The number of benzene rings is 1. The zero-order valence-corrected chi connectivity index (χ0v) is 10.9. The Balaban J connectivity index is 2.09. The van der Waals surface area contributed by atoms with Gasteiger partial charge in [-0.05, 0) is 12.1 Å². The van der Waals surface area contributed by atoms with Crippen molar-refractivity contribution in [2.75, 3.05) is 5.75 Å². The molecule has 1 aromatic carbocycles. The number of phenols is 1. The number of aryl methyl sites for hydroxylation is 1. The van der Waals surface area contributed by atoms with Crippen LogP contribution in [0.2, 0.25) is 0 Å². The summed E-state index contributed by atoms with van der Waals surface area (Å²) < 4.78 is 1.85. The number of thioether (sulfide) groups is 1. The maximum atomic E-state index is 10.9. The molecule has 1 atom stereocenters. The average molecular weight is 277 g/mol. The summed E-state index contributed by atoms with van der Waals surface area (Å²) in [7, 11) is 1.85. The van der Waals surface area contributed by atoms with Gasteiger partial charge in [0.2, 0.25) is 0 Å². The minimum Gasteiger partial charge on any atom is -0.508 e. The lowest BCUT2D eigenvalue weighted by molar-refractivity contribution is -0.137. The minimum atomic E-state index is -0.918. The van der Waals surface area contributed by atoms with Crippen LogP contribution < -0.4 is 0 Å². The predicted molar refractivity (Wildman–Crippen MR) is 72.8 cm³/mol. The van der Waals surface area contributed by atoms with Crippen molar-refractivity contribution in [1.82, 2.24) is 9.55 Å². The fourth-order valence-electron chi connectivity index (χ4n) is 2.00. The molecule has 3 rings (SSSR count). The van der Waals surface area contributed by atoms with Gasteiger partial charge in [0.05, 0.1) is 11.0 Å². The van der Waals surface area contributed by atoms with E-state index in [0.29, 0.717) is 22.1 Å². The van der Waals surface area contributed by atoms with E-state index in [0.717, 1.165) is 5.52 Å². The number of nitrogens with zero attached hydrogens (tertiary/aromatic N) is 3. The predicted octanol–water partition coefficient (Wildman–Crippen LogP) is 1.23. The van der Waals surface area contributed by atoms with Crippen molar-refractivity contribution < 1.29 is 15.0 Å². The molecular weight excluding hydrogens is 266 g/mol. The van der Waals surface area contributed by atoms with Crippen molar-refractivity contribution in [3.8, 4) is 5.75 Å². The minimum absolute atomic E-state index is 0.154. The Hall–Kier alpha value is -2.02. The number of fused-ring (bicyclic) bond motifs is 1. The van der Waals surface area contributed by atoms with Gasteiger partial charge in [-0.25, -0.2) is 9.78 Å². The van der Waals surface area contributed by atoms with Crippen LogP contribution in [-0.2, 0) is 11.8 Å². The van der Waals surface area contributed by atoms with Gasteiger partial charge in [-0.15, -0.1) is 11.8 Å². The van der Waals surface area contributed by atoms with E-state index in [1.54, 1.807) is 18.2 Å². The maximum Gasteiger partial charge on any atom is 0.329 e. The number of phenolic OH excluding ortho intramolecular Hbond substituents is 1. The van der Waals surface area contributed by atoms with E-state index in [4.69, 9.17) is 5.11 Å². The lowest BCUT2D eigenvalue weighted by atomic mass is 10.3. The van der Waals surface area contributed by atoms with Crippen LogP contribution in [0.5, 0.6) is 5.75 Å². The van der Waals surface area contributed by atoms with Gasteiger partial charge in [-0.3, -0.25) is 4.99 Å². The first kappa shape index (κ1) is 12.0. The van der Waals surface area contributed by atoms with Crippen molar-refractivity contribution in [3.63, 3.8) is 0 Å². The van der Waals surface area contributed by atoms with Gasteiger partial charge in [0.15, 0.2) is 11.9 Å². The van der Waals surface area contributed by atoms with Crippen LogP contribution in [0, 0.1) is 0 Å². The first-order valence-electron chi connectivity index (χ1n) is 5.65. The van der Waals surface area contributed by atoms with Gasteiger partial charge in [0, 0.05) is 18.9 Å². The molecule has 0 unspecified atom stereocenters. The Morgan fingerprint density at radius 3 is 3.00 bits per heavy atom. The number of hydrogen-bond donors (Lipinski definition) is 2. The summed E-state index contributed by atoms with van der Waals surface area (Å²) in [5.41, 5.74) is 1.54. The summed E-state index contributed by atoms with van der Waals surface area (Å²) in [5.74, 6) is 0.300. The van der Waals surface area contributed by atoms with Crippen molar-refractivity contribution in [2.24, 2.45) is 12.0 Å². The maximum absolute atomic E-state index is 10.9. The Bertz CT molecular complexity index is 708. The molecule has 2 heterocycles. The number of aliphatic carboxylic acids is 1. The van der Waals surface area contributed by atoms with E-state index in [1.807, 2.05) is 11.6 Å². The highest BCUT2D eigenvalue weighted by Gasteiger charge is 2.27. The second-order valence-corrected chi connectivity index (χ2v) is 5.28. The average Bonchev–Trinajstić information content (AvgIpc) is 2.94. The molecule has 0 radical (unpaired) electrons. The monoisotopic (exact) mass is 277 g/mol. The standard InChI is InChI=1S/C12H11N3O3S/c1-15-9-3-2-6(16)4-7(9)13-10(15)11-14-8(5-19-11)12(17)18/h2-4,8,16H,5H2,1H3,(H,17,18)/t8-/m1/s1. The number of carboxylic acid groups (broad SMARTS) is 1. The molecule has 7 heteroatoms. The van der Waals surface area contributed by atoms with E-state index >= 15 is 0 Å². The summed E-state index contributed by atoms with van der Waals surface area (Å²) in [6, 6.07) is 4.24. The van der Waals surface area contributed by atoms with Crippen LogP contribution >= 0.6 is 11.8 Å². The number of aliphatic imine (C=N–C) groups is 1. The molecule has 0 bridgehead atoms. The molecule has 0 saturated carbocycles. The van der Waals surface area contributed by atoms with Gasteiger partial charge < -0.3 is 14.8 Å². The number of hydrogen-bond acceptors (Lipinski definition) is 5. The van der Waals surface area contributed by atoms with E-state index in [2.05, 4.69) is 9.98 Å². The van der Waals surface area contributed by atoms with Crippen molar-refractivity contribution in [2.45, 2.75) is 6.04 Å². The van der Waals surface area contributed by atoms with Gasteiger partial charge in [0.1, 0.15) is 10.8 Å². The smallest absolute Gasteiger partial charge is 0.329 e. The van der Waals surface area contributed by atoms with Crippen molar-refractivity contribution in [3.05, 3.63) is 24.0 Å².